The molecule has 0 unspecified atom stereocenters. The van der Waals surface area contributed by atoms with Crippen LogP contribution in [0.4, 0.5) is 19.1 Å². The monoisotopic (exact) mass is 349 g/mol. The lowest BCUT2D eigenvalue weighted by Crippen LogP contribution is -2.18. The standard InChI is InChI=1S/C17H14F3N3O2/c18-17(19,20)12-6-2-4-8-14(12)25-10-9-21-16-22-13-7-3-1-5-11(13)15(24)23-16/h1-8H,9-10H2,(H2,21,22,23,24). The van der Waals surface area contributed by atoms with Gasteiger partial charge in [-0.05, 0) is 24.3 Å². The third-order valence-electron chi connectivity index (χ3n) is 3.46. The normalized spacial score (nSPS) is 11.5. The van der Waals surface area contributed by atoms with Crippen molar-refractivity contribution in [2.75, 3.05) is 18.5 Å². The number of benzene rings is 2. The van der Waals surface area contributed by atoms with Crippen molar-refractivity contribution in [1.29, 1.82) is 0 Å². The van der Waals surface area contributed by atoms with E-state index in [1.807, 2.05) is 0 Å². The molecule has 0 saturated heterocycles. The van der Waals surface area contributed by atoms with E-state index in [4.69, 9.17) is 4.74 Å². The van der Waals surface area contributed by atoms with Gasteiger partial charge in [-0.2, -0.15) is 13.2 Å². The number of halogens is 3. The first-order valence-electron chi connectivity index (χ1n) is 7.47. The molecule has 25 heavy (non-hydrogen) atoms. The summed E-state index contributed by atoms with van der Waals surface area (Å²) in [6.45, 7) is 0.150. The molecule has 5 nitrogen and oxygen atoms in total. The van der Waals surface area contributed by atoms with E-state index in [0.29, 0.717) is 10.9 Å². The molecule has 1 heterocycles. The molecule has 0 aliphatic rings. The lowest BCUT2D eigenvalue weighted by molar-refractivity contribution is -0.138. The topological polar surface area (TPSA) is 67.0 Å². The van der Waals surface area contributed by atoms with E-state index in [9.17, 15) is 18.0 Å². The molecule has 130 valence electrons. The molecule has 0 bridgehead atoms. The Hall–Kier alpha value is -3.03. The number of rotatable bonds is 5. The predicted molar refractivity (Wildman–Crippen MR) is 87.8 cm³/mol. The van der Waals surface area contributed by atoms with Crippen LogP contribution >= 0.6 is 0 Å². The second kappa shape index (κ2) is 6.84. The number of nitrogens with zero attached hydrogens (tertiary/aromatic N) is 1. The van der Waals surface area contributed by atoms with E-state index < -0.39 is 11.7 Å². The number of hydrogen-bond donors (Lipinski definition) is 2. The minimum Gasteiger partial charge on any atom is -0.491 e. The van der Waals surface area contributed by atoms with Gasteiger partial charge in [0.15, 0.2) is 0 Å². The smallest absolute Gasteiger partial charge is 0.419 e. The molecule has 0 spiro atoms. The molecule has 3 aromatic rings. The first kappa shape index (κ1) is 16.8. The van der Waals surface area contributed by atoms with Gasteiger partial charge in [0.05, 0.1) is 23.0 Å². The Kier molecular flexibility index (Phi) is 4.60. The number of ether oxygens (including phenoxy) is 1. The highest BCUT2D eigenvalue weighted by atomic mass is 19.4. The molecule has 0 amide bonds. The zero-order valence-electron chi connectivity index (χ0n) is 12.9. The van der Waals surface area contributed by atoms with Gasteiger partial charge < -0.3 is 10.1 Å². The van der Waals surface area contributed by atoms with Crippen molar-refractivity contribution in [3.8, 4) is 5.75 Å². The second-order valence-corrected chi connectivity index (χ2v) is 5.20. The van der Waals surface area contributed by atoms with E-state index in [1.165, 1.54) is 18.2 Å². The summed E-state index contributed by atoms with van der Waals surface area (Å²) in [7, 11) is 0. The van der Waals surface area contributed by atoms with E-state index in [1.54, 1.807) is 24.3 Å². The van der Waals surface area contributed by atoms with E-state index in [0.717, 1.165) is 6.07 Å². The lowest BCUT2D eigenvalue weighted by atomic mass is 10.2. The highest BCUT2D eigenvalue weighted by Crippen LogP contribution is 2.35. The van der Waals surface area contributed by atoms with Crippen molar-refractivity contribution in [3.63, 3.8) is 0 Å². The number of anilines is 1. The summed E-state index contributed by atoms with van der Waals surface area (Å²) in [5.74, 6) is -0.00632. The van der Waals surface area contributed by atoms with Gasteiger partial charge in [-0.3, -0.25) is 9.78 Å². The molecular formula is C17H14F3N3O2. The Morgan fingerprint density at radius 3 is 2.60 bits per heavy atom. The average Bonchev–Trinajstić information content (AvgIpc) is 2.58. The van der Waals surface area contributed by atoms with Crippen molar-refractivity contribution >= 4 is 16.9 Å². The van der Waals surface area contributed by atoms with Crippen molar-refractivity contribution in [2.45, 2.75) is 6.18 Å². The largest absolute Gasteiger partial charge is 0.491 e. The molecule has 2 aromatic carbocycles. The minimum absolute atomic E-state index is 0.0242. The lowest BCUT2D eigenvalue weighted by Gasteiger charge is -2.14. The summed E-state index contributed by atoms with van der Waals surface area (Å²) in [5, 5.41) is 3.29. The fourth-order valence-corrected chi connectivity index (χ4v) is 2.33. The summed E-state index contributed by atoms with van der Waals surface area (Å²) < 4.78 is 43.8. The number of aromatic amines is 1. The zero-order chi connectivity index (χ0) is 17.9. The fraction of sp³-hybridized carbons (Fsp3) is 0.176. The first-order chi connectivity index (χ1) is 11.9. The van der Waals surface area contributed by atoms with Crippen LogP contribution in [0.15, 0.2) is 53.3 Å². The third-order valence-corrected chi connectivity index (χ3v) is 3.46. The molecule has 0 aliphatic heterocycles. The van der Waals surface area contributed by atoms with Crippen LogP contribution in [0.1, 0.15) is 5.56 Å². The predicted octanol–water partition coefficient (Wildman–Crippen LogP) is 3.43. The van der Waals surface area contributed by atoms with Crippen LogP contribution < -0.4 is 15.6 Å². The van der Waals surface area contributed by atoms with Crippen LogP contribution in [0, 0.1) is 0 Å². The number of alkyl halides is 3. The van der Waals surface area contributed by atoms with Crippen LogP contribution in [0.3, 0.4) is 0 Å². The molecule has 0 aliphatic carbocycles. The number of fused-ring (bicyclic) bond motifs is 1. The summed E-state index contributed by atoms with van der Waals surface area (Å²) in [6.07, 6.45) is -4.48. The Morgan fingerprint density at radius 2 is 1.80 bits per heavy atom. The number of para-hydroxylation sites is 2. The zero-order valence-corrected chi connectivity index (χ0v) is 12.9. The summed E-state index contributed by atoms with van der Waals surface area (Å²) >= 11 is 0. The van der Waals surface area contributed by atoms with Gasteiger partial charge in [-0.25, -0.2) is 4.98 Å². The van der Waals surface area contributed by atoms with Crippen molar-refractivity contribution in [2.24, 2.45) is 0 Å². The molecule has 8 heteroatoms. The van der Waals surface area contributed by atoms with Crippen molar-refractivity contribution < 1.29 is 17.9 Å². The van der Waals surface area contributed by atoms with E-state index in [2.05, 4.69) is 15.3 Å². The van der Waals surface area contributed by atoms with E-state index >= 15 is 0 Å². The van der Waals surface area contributed by atoms with Gasteiger partial charge in [0.2, 0.25) is 5.95 Å². The molecule has 0 saturated carbocycles. The molecule has 3 rings (SSSR count). The Morgan fingerprint density at radius 1 is 1.08 bits per heavy atom. The third kappa shape index (κ3) is 3.90. The molecule has 2 N–H and O–H groups in total. The van der Waals surface area contributed by atoms with E-state index in [-0.39, 0.29) is 30.4 Å². The maximum atomic E-state index is 12.9. The number of aromatic nitrogens is 2. The average molecular weight is 349 g/mol. The quantitative estimate of drug-likeness (QED) is 0.693. The van der Waals surface area contributed by atoms with Gasteiger partial charge in [0.25, 0.3) is 5.56 Å². The van der Waals surface area contributed by atoms with Crippen LogP contribution in [0.5, 0.6) is 5.75 Å². The SMILES string of the molecule is O=c1[nH]c(NCCOc2ccccc2C(F)(F)F)nc2ccccc12. The van der Waals surface area contributed by atoms with Crippen LogP contribution in [-0.4, -0.2) is 23.1 Å². The second-order valence-electron chi connectivity index (χ2n) is 5.20. The summed E-state index contributed by atoms with van der Waals surface area (Å²) in [4.78, 5) is 18.7. The maximum Gasteiger partial charge on any atom is 0.419 e. The Bertz CT molecular complexity index is 938. The van der Waals surface area contributed by atoms with Crippen LogP contribution in [0.25, 0.3) is 10.9 Å². The van der Waals surface area contributed by atoms with Gasteiger partial charge in [-0.15, -0.1) is 0 Å². The Labute approximate surface area is 140 Å². The maximum absolute atomic E-state index is 12.9. The molecule has 1 aromatic heterocycles. The fourth-order valence-electron chi connectivity index (χ4n) is 2.33. The highest BCUT2D eigenvalue weighted by Gasteiger charge is 2.33. The minimum atomic E-state index is -4.48. The van der Waals surface area contributed by atoms with Gasteiger partial charge in [-0.1, -0.05) is 24.3 Å². The van der Waals surface area contributed by atoms with Crippen molar-refractivity contribution in [3.05, 3.63) is 64.4 Å². The molecule has 0 atom stereocenters. The number of H-pyrrole nitrogens is 1. The molecule has 0 fully saturated rings. The summed E-state index contributed by atoms with van der Waals surface area (Å²) in [5.41, 5.74) is -0.597. The Balaban J connectivity index is 1.64. The molecule has 0 radical (unpaired) electrons. The van der Waals surface area contributed by atoms with Gasteiger partial charge in [0, 0.05) is 0 Å². The number of nitrogens with one attached hydrogen (secondary N) is 2. The summed E-state index contributed by atoms with van der Waals surface area (Å²) in [6, 6.07) is 11.9. The highest BCUT2D eigenvalue weighted by molar-refractivity contribution is 5.78. The van der Waals surface area contributed by atoms with Gasteiger partial charge in [0.1, 0.15) is 12.4 Å². The van der Waals surface area contributed by atoms with Gasteiger partial charge >= 0.3 is 6.18 Å². The van der Waals surface area contributed by atoms with Crippen LogP contribution in [-0.2, 0) is 6.18 Å². The van der Waals surface area contributed by atoms with Crippen molar-refractivity contribution in [1.82, 2.24) is 9.97 Å². The molecular weight excluding hydrogens is 335 g/mol. The first-order valence-corrected chi connectivity index (χ1v) is 7.47. The number of hydrogen-bond acceptors (Lipinski definition) is 4. The van der Waals surface area contributed by atoms with Crippen LogP contribution in [0.2, 0.25) is 0 Å².